The second kappa shape index (κ2) is 70.7. The Hall–Kier alpha value is -8.98. The summed E-state index contributed by atoms with van der Waals surface area (Å²) in [4.78, 5) is 64.6. The third-order valence-electron chi connectivity index (χ3n) is 27.5. The van der Waals surface area contributed by atoms with Gasteiger partial charge in [0.15, 0.2) is 6.61 Å². The molecule has 0 spiro atoms. The summed E-state index contributed by atoms with van der Waals surface area (Å²) in [6.45, 7) is 3.44. The van der Waals surface area contributed by atoms with Gasteiger partial charge in [-0.3, -0.25) is 28.8 Å². The molecule has 0 aromatic heterocycles. The summed E-state index contributed by atoms with van der Waals surface area (Å²) in [6, 6.07) is 36.1. The van der Waals surface area contributed by atoms with E-state index >= 15 is 0 Å². The number of carbonyl (C=O) groups is 6. The van der Waals surface area contributed by atoms with Crippen LogP contribution in [0, 0.1) is 66.1 Å². The predicted molar refractivity (Wildman–Crippen MR) is 540 cm³/mol. The number of para-hydroxylation sites is 1. The molecule has 0 aliphatic heterocycles. The summed E-state index contributed by atoms with van der Waals surface area (Å²) in [6.07, 6.45) is 41.9. The van der Waals surface area contributed by atoms with E-state index in [1.807, 2.05) is 128 Å². The minimum absolute atomic E-state index is 0.00736. The second-order valence-corrected chi connectivity index (χ2v) is 38.8. The second-order valence-electron chi connectivity index (χ2n) is 38.8. The molecule has 0 heterocycles. The molecular formula is C113H166F2O26. The van der Waals surface area contributed by atoms with Gasteiger partial charge in [-0.2, -0.15) is 8.78 Å². The van der Waals surface area contributed by atoms with Crippen molar-refractivity contribution >= 4 is 35.6 Å². The number of carboxylic acids is 5. The van der Waals surface area contributed by atoms with Crippen molar-refractivity contribution < 1.29 is 139 Å². The first-order valence-electron chi connectivity index (χ1n) is 51.5. The first-order valence-corrected chi connectivity index (χ1v) is 51.5. The average molecular weight is 1980 g/mol. The van der Waals surface area contributed by atoms with Gasteiger partial charge in [-0.05, 0) is 281 Å². The molecule has 0 bridgehead atoms. The summed E-state index contributed by atoms with van der Waals surface area (Å²) in [5.74, 6) is -7.34. The minimum atomic E-state index is -3.21. The zero-order chi connectivity index (χ0) is 103. The van der Waals surface area contributed by atoms with Crippen molar-refractivity contribution in [2.45, 2.75) is 362 Å². The number of Topliss-reactive ketones (excluding diaryl/α,β-unsaturated/α-hetero) is 1. The normalized spacial score (nSPS) is 25.6. The molecule has 26 nitrogen and oxygen atoms in total. The van der Waals surface area contributed by atoms with E-state index in [0.29, 0.717) is 191 Å². The Morgan fingerprint density at radius 3 is 1.09 bits per heavy atom. The molecular weight excluding hydrogens is 1810 g/mol. The zero-order valence-corrected chi connectivity index (χ0v) is 82.8. The number of hydrogen-bond donors (Lipinski definition) is 18. The molecule has 5 fully saturated rings. The fourth-order valence-electron chi connectivity index (χ4n) is 19.4. The molecule has 23 atom stereocenters. The van der Waals surface area contributed by atoms with Gasteiger partial charge in [0.1, 0.15) is 30.0 Å². The Labute approximate surface area is 833 Å². The number of aliphatic hydroxyl groups excluding tert-OH is 13. The largest absolute Gasteiger partial charge is 0.491 e. The predicted octanol–water partition coefficient (Wildman–Crippen LogP) is 17.6. The van der Waals surface area contributed by atoms with Crippen LogP contribution in [0.1, 0.15) is 274 Å². The lowest BCUT2D eigenvalue weighted by atomic mass is 9.85. The van der Waals surface area contributed by atoms with Gasteiger partial charge < -0.3 is 101 Å². The van der Waals surface area contributed by atoms with E-state index in [9.17, 15) is 104 Å². The van der Waals surface area contributed by atoms with Crippen molar-refractivity contribution in [1.82, 2.24) is 0 Å². The first-order chi connectivity index (χ1) is 67.5. The molecule has 9 rings (SSSR count). The summed E-state index contributed by atoms with van der Waals surface area (Å²) in [5.41, 5.74) is 3.50. The van der Waals surface area contributed by atoms with Crippen molar-refractivity contribution in [2.24, 2.45) is 59.2 Å². The van der Waals surface area contributed by atoms with Gasteiger partial charge in [-0.15, -0.1) is 0 Å². The Bertz CT molecular complexity index is 4190. The summed E-state index contributed by atoms with van der Waals surface area (Å²) < 4.78 is 39.0. The van der Waals surface area contributed by atoms with Crippen LogP contribution in [0.3, 0.4) is 0 Å². The Balaban J connectivity index is 0.000000311. The average Bonchev–Trinajstić information content (AvgIpc) is 1.71. The number of ether oxygens (including phenoxy) is 2. The van der Waals surface area contributed by atoms with Crippen LogP contribution in [0.15, 0.2) is 200 Å². The molecule has 5 aliphatic carbocycles. The summed E-state index contributed by atoms with van der Waals surface area (Å²) >= 11 is 0. The summed E-state index contributed by atoms with van der Waals surface area (Å²) in [7, 11) is 0. The van der Waals surface area contributed by atoms with Crippen molar-refractivity contribution in [3.05, 3.63) is 217 Å². The highest BCUT2D eigenvalue weighted by atomic mass is 19.3. The van der Waals surface area contributed by atoms with Crippen LogP contribution in [0.2, 0.25) is 0 Å². The fourth-order valence-corrected chi connectivity index (χ4v) is 19.4. The van der Waals surface area contributed by atoms with Gasteiger partial charge in [0, 0.05) is 69.6 Å². The zero-order valence-electron chi connectivity index (χ0n) is 82.8. The molecule has 4 aromatic carbocycles. The number of benzene rings is 4. The maximum atomic E-state index is 14.2. The van der Waals surface area contributed by atoms with Crippen LogP contribution in [0.4, 0.5) is 8.78 Å². The van der Waals surface area contributed by atoms with Crippen LogP contribution in [0.5, 0.6) is 11.5 Å². The molecule has 0 amide bonds. The van der Waals surface area contributed by atoms with E-state index in [-0.39, 0.29) is 104 Å². The monoisotopic (exact) mass is 1980 g/mol. The first kappa shape index (κ1) is 122. The highest BCUT2D eigenvalue weighted by Crippen LogP contribution is 2.43. The molecule has 28 heteroatoms. The number of aliphatic carboxylic acids is 5. The SMILES string of the molecule is CCCCCCCC(=O)CC[C@@H]1[C@@H](C/C=C\CCCC(=O)O)[C@@H](O)C[C@H]1O.Cc1cccc(OC[C@H](O)/C=C/[C@@H]2[C@@H](C/C=C\CCCC(=O)O)[C@@H](O)C[C@H]2O)c1.O=C(O)CCC/C=C\C[C@@H]1[C@@H](/C=C/C(F)(F)COc2ccccc2)[C@H](O)C[C@@H]1O.O=C(O)CCC/C=C\C[C@@H]1[C@@H](CC[C@@H](O)CCc2ccccc2)[C@H](O)C[C@@H]1O.O=C(O)CCC/C=C\C[C@@H]1[C@@H](CC[C@@H](O)CCc2ccccc2)[C@H](O)C[C@@H]1O. The molecule has 788 valence electrons. The van der Waals surface area contributed by atoms with E-state index in [2.05, 4.69) is 31.2 Å². The molecule has 0 saturated heterocycles. The van der Waals surface area contributed by atoms with E-state index in [0.717, 1.165) is 37.3 Å². The van der Waals surface area contributed by atoms with Crippen LogP contribution in [-0.2, 0) is 41.6 Å². The number of hydrogen-bond acceptors (Lipinski definition) is 21. The maximum absolute atomic E-state index is 14.2. The number of carbonyl (C=O) groups excluding carboxylic acids is 1. The third-order valence-corrected chi connectivity index (χ3v) is 27.5. The standard InChI is InChI=1S/C23H32O6.2C23H34O5.C22H28F2O5.C22H38O5/c1-16-7-6-8-18(13-16)29-15-17(24)11-12-20-19(21(25)14-22(20)26)9-4-2-3-5-10-23(27)28;2*24-18(13-12-17-8-4-3-5-9-17)14-15-20-19(21(25)16-22(20)26)10-6-1-2-7-11-23(27)28;23-22(24,15-29-16-8-4-3-5-9-16)13-12-18-17(19(25)14-20(18)26)10-6-1-2-7-11-21(27)28;1-2-3-4-5-8-11-17(23)14-15-19-18(20(24)16-21(19)25)12-9-6-7-10-13-22(26)27/h2,4,6-8,11-13,17,19-22,24-26H,3,5,9-10,14-15H2,1H3,(H,27,28);2*1,3-6,8-9,18-22,24-26H,2,7,10-16H2,(H,27,28);1,3-6,8-9,12-13,17-20,25-26H,2,7,10-11,14-15H2,(H,27,28);6,9,18-21,24-25H,2-5,7-8,10-16H2,1H3,(H,26,27)/b4-2-,12-11+;2*6-1-;6-1-,13-12+;9-6-/t17-,19-,20-,21+,22-;2*18-,19+,20+,21-,22+;17-,18-,19+,20-;18-,19-,20+,21-/m10011/s1. The number of rotatable bonds is 61. The van der Waals surface area contributed by atoms with Crippen LogP contribution < -0.4 is 9.47 Å². The molecule has 141 heavy (non-hydrogen) atoms. The maximum Gasteiger partial charge on any atom is 0.303 e. The number of carboxylic acid groups (broad SMARTS) is 5. The van der Waals surface area contributed by atoms with Crippen molar-refractivity contribution in [2.75, 3.05) is 13.2 Å². The number of aryl methyl sites for hydroxylation is 3. The molecule has 0 unspecified atom stereocenters. The van der Waals surface area contributed by atoms with Crippen molar-refractivity contribution in [3.8, 4) is 11.5 Å². The quantitative estimate of drug-likeness (QED) is 0.0144. The highest BCUT2D eigenvalue weighted by Gasteiger charge is 2.45. The van der Waals surface area contributed by atoms with E-state index in [1.165, 1.54) is 36.5 Å². The molecule has 18 N–H and O–H groups in total. The van der Waals surface area contributed by atoms with Crippen LogP contribution in [-0.4, -0.2) is 226 Å². The van der Waals surface area contributed by atoms with Gasteiger partial charge >= 0.3 is 29.8 Å². The van der Waals surface area contributed by atoms with Gasteiger partial charge in [0.05, 0.1) is 73.2 Å². The molecule has 0 radical (unpaired) electrons. The van der Waals surface area contributed by atoms with E-state index in [1.54, 1.807) is 42.5 Å². The number of aliphatic hydroxyl groups is 13. The number of unbranched alkanes of at least 4 members (excludes halogenated alkanes) is 9. The Morgan fingerprint density at radius 2 is 0.702 bits per heavy atom. The van der Waals surface area contributed by atoms with Crippen LogP contribution in [0.25, 0.3) is 0 Å². The van der Waals surface area contributed by atoms with E-state index < -0.39 is 128 Å². The van der Waals surface area contributed by atoms with Gasteiger partial charge in [-0.25, -0.2) is 0 Å². The Morgan fingerprint density at radius 1 is 0.362 bits per heavy atom. The van der Waals surface area contributed by atoms with Gasteiger partial charge in [0.25, 0.3) is 5.92 Å². The third kappa shape index (κ3) is 52.4. The topological polar surface area (TPSA) is 485 Å². The number of ketones is 1. The van der Waals surface area contributed by atoms with Crippen molar-refractivity contribution in [3.63, 3.8) is 0 Å². The summed E-state index contributed by atoms with van der Waals surface area (Å²) in [5, 5.41) is 177. The van der Waals surface area contributed by atoms with Gasteiger partial charge in [-0.1, -0.05) is 203 Å². The minimum Gasteiger partial charge on any atom is -0.491 e. The molecule has 5 aliphatic rings. The lowest BCUT2D eigenvalue weighted by Gasteiger charge is -2.23. The number of alkyl halides is 2. The van der Waals surface area contributed by atoms with E-state index in [4.69, 9.17) is 35.0 Å². The fraction of sp³-hybridized carbons (Fsp3) is 0.611. The van der Waals surface area contributed by atoms with Gasteiger partial charge in [0.2, 0.25) is 0 Å². The lowest BCUT2D eigenvalue weighted by Crippen LogP contribution is -2.25. The Kier molecular flexibility index (Phi) is 61.4. The number of allylic oxidation sites excluding steroid dienone is 10. The number of halogens is 2. The smallest absolute Gasteiger partial charge is 0.303 e. The lowest BCUT2D eigenvalue weighted by molar-refractivity contribution is -0.138. The van der Waals surface area contributed by atoms with Crippen LogP contribution >= 0.6 is 0 Å². The molecule has 4 aromatic rings. The molecule has 5 saturated carbocycles. The van der Waals surface area contributed by atoms with Crippen molar-refractivity contribution in [1.29, 1.82) is 0 Å². The highest BCUT2D eigenvalue weighted by molar-refractivity contribution is 5.78.